The molecule has 0 aromatic heterocycles. The lowest BCUT2D eigenvalue weighted by Crippen LogP contribution is -2.04. The van der Waals surface area contributed by atoms with Gasteiger partial charge in [-0.2, -0.15) is 0 Å². The van der Waals surface area contributed by atoms with Crippen LogP contribution in [0, 0.1) is 13.8 Å². The Kier molecular flexibility index (Phi) is 4.44. The van der Waals surface area contributed by atoms with Crippen LogP contribution in [-0.4, -0.2) is 19.2 Å². The van der Waals surface area contributed by atoms with Gasteiger partial charge >= 0.3 is 0 Å². The summed E-state index contributed by atoms with van der Waals surface area (Å²) in [5, 5.41) is 0. The van der Waals surface area contributed by atoms with Crippen molar-refractivity contribution in [3.05, 3.63) is 28.3 Å². The Balaban J connectivity index is 3.24. The maximum atomic E-state index is 11.2. The minimum Gasteiger partial charge on any atom is -0.496 e. The summed E-state index contributed by atoms with van der Waals surface area (Å²) in [7, 11) is 1.59. The molecule has 3 nitrogen and oxygen atoms in total. The van der Waals surface area contributed by atoms with Crippen LogP contribution >= 0.6 is 0 Å². The van der Waals surface area contributed by atoms with Gasteiger partial charge in [-0.05, 0) is 44.4 Å². The number of aryl methyl sites for hydroxylation is 1. The Bertz CT molecular complexity index is 447. The highest BCUT2D eigenvalue weighted by Gasteiger charge is 2.13. The molecular formula is C14H18O3. The largest absolute Gasteiger partial charge is 0.496 e. The number of Topliss-reactive ketones (excluding diaryl/α,β-unsaturated/α-hetero) is 1. The van der Waals surface area contributed by atoms with Crippen LogP contribution in [0.3, 0.4) is 0 Å². The highest BCUT2D eigenvalue weighted by atomic mass is 16.5. The van der Waals surface area contributed by atoms with Crippen LogP contribution in [0.1, 0.15) is 40.4 Å². The first-order valence-electron chi connectivity index (χ1n) is 5.63. The molecule has 1 aromatic rings. The third kappa shape index (κ3) is 2.93. The Morgan fingerprint density at radius 1 is 1.41 bits per heavy atom. The Morgan fingerprint density at radius 2 is 2.06 bits per heavy atom. The highest BCUT2D eigenvalue weighted by molar-refractivity contribution is 5.83. The predicted molar refractivity (Wildman–Crippen MR) is 66.9 cm³/mol. The molecule has 0 fully saturated rings. The van der Waals surface area contributed by atoms with Crippen molar-refractivity contribution in [2.24, 2.45) is 0 Å². The van der Waals surface area contributed by atoms with Gasteiger partial charge in [0.2, 0.25) is 0 Å². The second kappa shape index (κ2) is 5.62. The molecule has 0 amide bonds. The van der Waals surface area contributed by atoms with Gasteiger partial charge in [0.15, 0.2) is 6.29 Å². The number of ether oxygens (including phenoxy) is 1. The molecule has 0 spiro atoms. The number of carbonyl (C=O) groups excluding carboxylic acids is 2. The molecule has 1 rings (SSSR count). The van der Waals surface area contributed by atoms with Crippen LogP contribution in [0.2, 0.25) is 0 Å². The molecule has 0 aliphatic heterocycles. The number of ketones is 1. The summed E-state index contributed by atoms with van der Waals surface area (Å²) in [6, 6.07) is 1.91. The van der Waals surface area contributed by atoms with E-state index in [0.717, 1.165) is 28.7 Å². The minimum atomic E-state index is 0.134. The van der Waals surface area contributed by atoms with Crippen LogP contribution in [0.15, 0.2) is 6.07 Å². The van der Waals surface area contributed by atoms with Crippen LogP contribution in [0.25, 0.3) is 0 Å². The summed E-state index contributed by atoms with van der Waals surface area (Å²) in [6.07, 6.45) is 1.92. The van der Waals surface area contributed by atoms with E-state index in [1.54, 1.807) is 14.0 Å². The van der Waals surface area contributed by atoms with Crippen molar-refractivity contribution in [1.82, 2.24) is 0 Å². The lowest BCUT2D eigenvalue weighted by molar-refractivity contribution is -0.116. The zero-order valence-electron chi connectivity index (χ0n) is 10.8. The Hall–Kier alpha value is -1.64. The van der Waals surface area contributed by atoms with E-state index in [0.29, 0.717) is 18.4 Å². The van der Waals surface area contributed by atoms with E-state index in [4.69, 9.17) is 4.74 Å². The molecule has 0 aliphatic carbocycles. The summed E-state index contributed by atoms with van der Waals surface area (Å²) in [6.45, 7) is 5.36. The van der Waals surface area contributed by atoms with Gasteiger partial charge in [-0.15, -0.1) is 0 Å². The van der Waals surface area contributed by atoms with Crippen molar-refractivity contribution in [3.8, 4) is 5.75 Å². The Labute approximate surface area is 102 Å². The number of aldehydes is 1. The number of carbonyl (C=O) groups is 2. The average molecular weight is 234 g/mol. The maximum absolute atomic E-state index is 11.2. The topological polar surface area (TPSA) is 43.4 Å². The molecule has 0 N–H and O–H groups in total. The number of rotatable bonds is 5. The van der Waals surface area contributed by atoms with Crippen molar-refractivity contribution in [2.75, 3.05) is 7.11 Å². The molecule has 3 heteroatoms. The lowest BCUT2D eigenvalue weighted by Gasteiger charge is -2.14. The molecule has 0 bridgehead atoms. The number of hydrogen-bond donors (Lipinski definition) is 0. The van der Waals surface area contributed by atoms with Crippen molar-refractivity contribution < 1.29 is 14.3 Å². The summed E-state index contributed by atoms with van der Waals surface area (Å²) in [5.74, 6) is 0.853. The highest BCUT2D eigenvalue weighted by Crippen LogP contribution is 2.27. The van der Waals surface area contributed by atoms with Crippen LogP contribution in [0.5, 0.6) is 5.75 Å². The van der Waals surface area contributed by atoms with E-state index in [1.165, 1.54) is 0 Å². The quantitative estimate of drug-likeness (QED) is 0.735. The van der Waals surface area contributed by atoms with Crippen LogP contribution < -0.4 is 4.74 Å². The van der Waals surface area contributed by atoms with Crippen molar-refractivity contribution in [3.63, 3.8) is 0 Å². The van der Waals surface area contributed by atoms with Crippen LogP contribution in [-0.2, 0) is 11.2 Å². The molecule has 0 saturated carbocycles. The van der Waals surface area contributed by atoms with E-state index in [9.17, 15) is 9.59 Å². The zero-order valence-corrected chi connectivity index (χ0v) is 10.8. The smallest absolute Gasteiger partial charge is 0.150 e. The SMILES string of the molecule is COc1cc(C)c(CCC(C)=O)c(C=O)c1C. The Morgan fingerprint density at radius 3 is 2.53 bits per heavy atom. The standard InChI is InChI=1S/C14H18O3/c1-9-7-14(17-4)11(3)13(8-15)12(9)6-5-10(2)16/h7-8H,5-6H2,1-4H3. The molecule has 0 unspecified atom stereocenters. The van der Waals surface area contributed by atoms with Gasteiger partial charge in [0, 0.05) is 17.5 Å². The van der Waals surface area contributed by atoms with Gasteiger partial charge in [-0.3, -0.25) is 4.79 Å². The number of hydrogen-bond acceptors (Lipinski definition) is 3. The average Bonchev–Trinajstić information content (AvgIpc) is 2.29. The zero-order chi connectivity index (χ0) is 13.0. The monoisotopic (exact) mass is 234 g/mol. The molecule has 0 aliphatic rings. The molecule has 0 saturated heterocycles. The second-order valence-electron chi connectivity index (χ2n) is 4.23. The van der Waals surface area contributed by atoms with E-state index < -0.39 is 0 Å². The van der Waals surface area contributed by atoms with Gasteiger partial charge in [0.05, 0.1) is 7.11 Å². The fourth-order valence-corrected chi connectivity index (χ4v) is 1.97. The van der Waals surface area contributed by atoms with E-state index in [-0.39, 0.29) is 5.78 Å². The van der Waals surface area contributed by atoms with E-state index in [2.05, 4.69) is 0 Å². The van der Waals surface area contributed by atoms with Gasteiger partial charge in [-0.1, -0.05) is 0 Å². The first kappa shape index (κ1) is 13.4. The summed E-state index contributed by atoms with van der Waals surface area (Å²) >= 11 is 0. The van der Waals surface area contributed by atoms with Crippen LogP contribution in [0.4, 0.5) is 0 Å². The first-order valence-corrected chi connectivity index (χ1v) is 5.63. The summed E-state index contributed by atoms with van der Waals surface area (Å²) in [4.78, 5) is 22.2. The summed E-state index contributed by atoms with van der Waals surface area (Å²) in [5.41, 5.74) is 3.44. The maximum Gasteiger partial charge on any atom is 0.150 e. The van der Waals surface area contributed by atoms with Crippen molar-refractivity contribution >= 4 is 12.1 Å². The lowest BCUT2D eigenvalue weighted by atomic mass is 9.93. The van der Waals surface area contributed by atoms with Gasteiger partial charge in [0.1, 0.15) is 11.5 Å². The number of benzene rings is 1. The van der Waals surface area contributed by atoms with E-state index >= 15 is 0 Å². The van der Waals surface area contributed by atoms with Gasteiger partial charge in [-0.25, -0.2) is 0 Å². The molecule has 0 heterocycles. The van der Waals surface area contributed by atoms with E-state index in [1.807, 2.05) is 19.9 Å². The van der Waals surface area contributed by atoms with Crippen molar-refractivity contribution in [2.45, 2.75) is 33.6 Å². The third-order valence-corrected chi connectivity index (χ3v) is 2.99. The first-order chi connectivity index (χ1) is 8.01. The summed E-state index contributed by atoms with van der Waals surface area (Å²) < 4.78 is 5.22. The molecular weight excluding hydrogens is 216 g/mol. The fraction of sp³-hybridized carbons (Fsp3) is 0.429. The van der Waals surface area contributed by atoms with Gasteiger partial charge < -0.3 is 9.53 Å². The predicted octanol–water partition coefficient (Wildman–Crippen LogP) is 2.65. The molecule has 92 valence electrons. The molecule has 0 radical (unpaired) electrons. The fourth-order valence-electron chi connectivity index (χ4n) is 1.97. The molecule has 1 aromatic carbocycles. The minimum absolute atomic E-state index is 0.134. The number of methoxy groups -OCH3 is 1. The third-order valence-electron chi connectivity index (χ3n) is 2.99. The van der Waals surface area contributed by atoms with Gasteiger partial charge in [0.25, 0.3) is 0 Å². The molecule has 0 atom stereocenters. The van der Waals surface area contributed by atoms with Crippen molar-refractivity contribution in [1.29, 1.82) is 0 Å². The normalized spacial score (nSPS) is 10.1. The molecule has 17 heavy (non-hydrogen) atoms. The second-order valence-corrected chi connectivity index (χ2v) is 4.23.